The monoisotopic (exact) mass is 373 g/mol. The first-order chi connectivity index (χ1) is 10.4. The van der Waals surface area contributed by atoms with E-state index in [1.807, 2.05) is 0 Å². The molecule has 0 radical (unpaired) electrons. The van der Waals surface area contributed by atoms with Gasteiger partial charge in [0.1, 0.15) is 5.82 Å². The Kier molecular flexibility index (Phi) is 5.52. The molecule has 0 aromatic heterocycles. The van der Waals surface area contributed by atoms with E-state index in [1.165, 1.54) is 6.07 Å². The van der Waals surface area contributed by atoms with Crippen LogP contribution in [0.2, 0.25) is 0 Å². The molecule has 1 fully saturated rings. The van der Waals surface area contributed by atoms with Gasteiger partial charge in [-0.25, -0.2) is 4.39 Å². The highest BCUT2D eigenvalue weighted by Gasteiger charge is 2.36. The van der Waals surface area contributed by atoms with Crippen molar-refractivity contribution in [2.75, 3.05) is 13.2 Å². The first-order valence-electron chi connectivity index (χ1n) is 6.95. The number of carboxylic acid groups (broad SMARTS) is 1. The highest BCUT2D eigenvalue weighted by Crippen LogP contribution is 2.25. The smallest absolute Gasteiger partial charge is 0.305 e. The van der Waals surface area contributed by atoms with Crippen LogP contribution < -0.4 is 5.32 Å². The Labute approximate surface area is 136 Å². The predicted octanol–water partition coefficient (Wildman–Crippen LogP) is 2.27. The topological polar surface area (TPSA) is 75.6 Å². The number of hydrogen-bond donors (Lipinski definition) is 2. The minimum absolute atomic E-state index is 0.00638. The van der Waals surface area contributed by atoms with Crippen LogP contribution in [0.5, 0.6) is 0 Å². The van der Waals surface area contributed by atoms with E-state index in [0.29, 0.717) is 36.1 Å². The van der Waals surface area contributed by atoms with Gasteiger partial charge < -0.3 is 15.2 Å². The Hall–Kier alpha value is -1.47. The van der Waals surface area contributed by atoms with Crippen LogP contribution in [0.1, 0.15) is 24.8 Å². The summed E-state index contributed by atoms with van der Waals surface area (Å²) in [5.41, 5.74) is -0.245. The minimum Gasteiger partial charge on any atom is -0.481 e. The van der Waals surface area contributed by atoms with Crippen molar-refractivity contribution >= 4 is 27.8 Å². The molecule has 1 aromatic carbocycles. The third-order valence-electron chi connectivity index (χ3n) is 3.69. The van der Waals surface area contributed by atoms with Crippen molar-refractivity contribution < 1.29 is 23.8 Å². The molecule has 1 aliphatic heterocycles. The lowest BCUT2D eigenvalue weighted by molar-refractivity contribution is -0.140. The van der Waals surface area contributed by atoms with Gasteiger partial charge in [-0.2, -0.15) is 0 Å². The van der Waals surface area contributed by atoms with Crippen LogP contribution in [0.4, 0.5) is 4.39 Å². The average Bonchev–Trinajstić information content (AvgIpc) is 2.42. The molecule has 5 nitrogen and oxygen atoms in total. The van der Waals surface area contributed by atoms with Crippen molar-refractivity contribution in [3.63, 3.8) is 0 Å². The number of carbonyl (C=O) groups is 2. The molecule has 2 rings (SSSR count). The molecule has 1 heterocycles. The van der Waals surface area contributed by atoms with Crippen molar-refractivity contribution in [3.8, 4) is 0 Å². The summed E-state index contributed by atoms with van der Waals surface area (Å²) in [4.78, 5) is 23.2. The molecule has 1 saturated heterocycles. The second kappa shape index (κ2) is 7.19. The number of aliphatic carboxylic acids is 1. The lowest BCUT2D eigenvalue weighted by Gasteiger charge is -2.36. The molecule has 120 valence electrons. The van der Waals surface area contributed by atoms with E-state index in [1.54, 1.807) is 12.1 Å². The summed E-state index contributed by atoms with van der Waals surface area (Å²) < 4.78 is 19.0. The Morgan fingerprint density at radius 2 is 2.05 bits per heavy atom. The molecule has 2 N–H and O–H groups in total. The van der Waals surface area contributed by atoms with E-state index < -0.39 is 17.3 Å². The van der Waals surface area contributed by atoms with Crippen molar-refractivity contribution in [1.29, 1.82) is 0 Å². The zero-order valence-electron chi connectivity index (χ0n) is 11.9. The summed E-state index contributed by atoms with van der Waals surface area (Å²) in [6.45, 7) is 0.834. The average molecular weight is 374 g/mol. The summed E-state index contributed by atoms with van der Waals surface area (Å²) in [6.07, 6.45) is 0.780. The van der Waals surface area contributed by atoms with E-state index in [2.05, 4.69) is 21.2 Å². The highest BCUT2D eigenvalue weighted by atomic mass is 79.9. The summed E-state index contributed by atoms with van der Waals surface area (Å²) in [6, 6.07) is 4.48. The molecular formula is C15H17BrFNO4. The van der Waals surface area contributed by atoms with Gasteiger partial charge in [0.15, 0.2) is 0 Å². The number of carboxylic acids is 1. The Morgan fingerprint density at radius 3 is 2.64 bits per heavy atom. The molecule has 0 aliphatic carbocycles. The fourth-order valence-electron chi connectivity index (χ4n) is 2.57. The van der Waals surface area contributed by atoms with Gasteiger partial charge in [-0.3, -0.25) is 9.59 Å². The van der Waals surface area contributed by atoms with Gasteiger partial charge in [0.2, 0.25) is 5.91 Å². The number of carbonyl (C=O) groups excluding carboxylic acids is 1. The molecular weight excluding hydrogens is 357 g/mol. The second-order valence-electron chi connectivity index (χ2n) is 5.44. The molecule has 1 aliphatic rings. The highest BCUT2D eigenvalue weighted by molar-refractivity contribution is 9.10. The van der Waals surface area contributed by atoms with Crippen LogP contribution in [0.3, 0.4) is 0 Å². The van der Waals surface area contributed by atoms with Gasteiger partial charge in [-0.15, -0.1) is 0 Å². The van der Waals surface area contributed by atoms with Gasteiger partial charge >= 0.3 is 5.97 Å². The molecule has 0 saturated carbocycles. The largest absolute Gasteiger partial charge is 0.481 e. The lowest BCUT2D eigenvalue weighted by Crippen LogP contribution is -2.53. The molecule has 7 heteroatoms. The maximum Gasteiger partial charge on any atom is 0.305 e. The fourth-order valence-corrected chi connectivity index (χ4v) is 2.82. The van der Waals surface area contributed by atoms with Gasteiger partial charge in [0, 0.05) is 13.2 Å². The quantitative estimate of drug-likeness (QED) is 0.829. The summed E-state index contributed by atoms with van der Waals surface area (Å²) in [7, 11) is 0. The number of amides is 1. The molecule has 1 aromatic rings. The Balaban J connectivity index is 2.04. The van der Waals surface area contributed by atoms with Crippen molar-refractivity contribution in [1.82, 2.24) is 5.32 Å². The van der Waals surface area contributed by atoms with E-state index >= 15 is 0 Å². The van der Waals surface area contributed by atoms with E-state index in [0.717, 1.165) is 0 Å². The van der Waals surface area contributed by atoms with E-state index in [9.17, 15) is 14.0 Å². The maximum atomic E-state index is 13.5. The lowest BCUT2D eigenvalue weighted by atomic mass is 9.86. The Bertz CT molecular complexity index is 573. The van der Waals surface area contributed by atoms with Gasteiger partial charge in [0.05, 0.1) is 22.9 Å². The van der Waals surface area contributed by atoms with Crippen LogP contribution in [0.25, 0.3) is 0 Å². The molecule has 1 amide bonds. The third-order valence-corrected chi connectivity index (χ3v) is 4.34. The standard InChI is InChI=1S/C15H17BrFNO4/c16-11-2-1-10(7-12(11)17)8-13(19)18-15(9-14(20)21)3-5-22-6-4-15/h1-2,7H,3-6,8-9H2,(H,18,19)(H,20,21). The van der Waals surface area contributed by atoms with Crippen molar-refractivity contribution in [2.45, 2.75) is 31.2 Å². The summed E-state index contributed by atoms with van der Waals surface area (Å²) >= 11 is 3.06. The normalized spacial score (nSPS) is 17.0. The van der Waals surface area contributed by atoms with Crippen LogP contribution in [0.15, 0.2) is 22.7 Å². The molecule has 0 bridgehead atoms. The number of rotatable bonds is 5. The van der Waals surface area contributed by atoms with Crippen LogP contribution in [-0.2, 0) is 20.7 Å². The van der Waals surface area contributed by atoms with Crippen molar-refractivity contribution in [3.05, 3.63) is 34.1 Å². The van der Waals surface area contributed by atoms with E-state index in [4.69, 9.17) is 9.84 Å². The number of nitrogens with one attached hydrogen (secondary N) is 1. The zero-order chi connectivity index (χ0) is 16.2. The van der Waals surface area contributed by atoms with E-state index in [-0.39, 0.29) is 18.7 Å². The number of halogens is 2. The van der Waals surface area contributed by atoms with Crippen molar-refractivity contribution in [2.24, 2.45) is 0 Å². The number of benzene rings is 1. The van der Waals surface area contributed by atoms with Crippen LogP contribution in [-0.4, -0.2) is 35.7 Å². The zero-order valence-corrected chi connectivity index (χ0v) is 13.5. The minimum atomic E-state index is -0.961. The summed E-state index contributed by atoms with van der Waals surface area (Å²) in [5, 5.41) is 11.9. The van der Waals surface area contributed by atoms with Gasteiger partial charge in [-0.1, -0.05) is 6.07 Å². The molecule has 0 atom stereocenters. The van der Waals surface area contributed by atoms with Crippen LogP contribution in [0, 0.1) is 5.82 Å². The fraction of sp³-hybridized carbons (Fsp3) is 0.467. The van der Waals surface area contributed by atoms with Gasteiger partial charge in [0.25, 0.3) is 0 Å². The molecule has 0 spiro atoms. The van der Waals surface area contributed by atoms with Crippen LogP contribution >= 0.6 is 15.9 Å². The molecule has 0 unspecified atom stereocenters. The summed E-state index contributed by atoms with van der Waals surface area (Å²) in [5.74, 6) is -1.71. The SMILES string of the molecule is O=C(O)CC1(NC(=O)Cc2ccc(Br)c(F)c2)CCOCC1. The van der Waals surface area contributed by atoms with Gasteiger partial charge in [-0.05, 0) is 46.5 Å². The Morgan fingerprint density at radius 1 is 1.36 bits per heavy atom. The third kappa shape index (κ3) is 4.51. The molecule has 22 heavy (non-hydrogen) atoms. The maximum absolute atomic E-state index is 13.5. The first kappa shape index (κ1) is 16.9. The number of hydrogen-bond acceptors (Lipinski definition) is 3. The number of ether oxygens (including phenoxy) is 1. The first-order valence-corrected chi connectivity index (χ1v) is 7.74. The predicted molar refractivity (Wildman–Crippen MR) is 81.0 cm³/mol. The second-order valence-corrected chi connectivity index (χ2v) is 6.29.